The van der Waals surface area contributed by atoms with Crippen molar-refractivity contribution in [3.05, 3.63) is 53.6 Å². The van der Waals surface area contributed by atoms with Crippen LogP contribution in [0.25, 0.3) is 11.1 Å². The number of amides is 1. The number of aromatic hydroxyl groups is 1. The van der Waals surface area contributed by atoms with Crippen molar-refractivity contribution in [3.63, 3.8) is 0 Å². The second-order valence-corrected chi connectivity index (χ2v) is 7.00. The summed E-state index contributed by atoms with van der Waals surface area (Å²) in [6.07, 6.45) is 2.32. The smallest absolute Gasteiger partial charge is 0.251 e. The molecule has 0 aromatic heterocycles. The number of phenols is 1. The zero-order chi connectivity index (χ0) is 19.4. The standard InChI is InChI=1S/C22H26N2O3/c1-3-24-12-4-5-19(24)14-23-22(27)17-8-6-16(7-9-17)18-10-11-21(26)20(13-18)15(2)25/h6-11,13,19,26H,3-5,12,14H2,1-2H3,(H,23,27)/t19-/m0/s1. The lowest BCUT2D eigenvalue weighted by Crippen LogP contribution is -2.40. The molecule has 1 atom stereocenters. The van der Waals surface area contributed by atoms with Gasteiger partial charge in [0.15, 0.2) is 5.78 Å². The number of hydrogen-bond donors (Lipinski definition) is 2. The first-order valence-electron chi connectivity index (χ1n) is 9.46. The first kappa shape index (κ1) is 19.1. The van der Waals surface area contributed by atoms with Gasteiger partial charge in [0.25, 0.3) is 5.91 Å². The monoisotopic (exact) mass is 366 g/mol. The highest BCUT2D eigenvalue weighted by atomic mass is 16.3. The average molecular weight is 366 g/mol. The van der Waals surface area contributed by atoms with Gasteiger partial charge < -0.3 is 10.4 Å². The summed E-state index contributed by atoms with van der Waals surface area (Å²) in [6, 6.07) is 12.7. The summed E-state index contributed by atoms with van der Waals surface area (Å²) in [5, 5.41) is 12.8. The highest BCUT2D eigenvalue weighted by molar-refractivity contribution is 5.98. The minimum absolute atomic E-state index is 0.0183. The van der Waals surface area contributed by atoms with Crippen LogP contribution in [-0.4, -0.2) is 47.4 Å². The Labute approximate surface area is 160 Å². The number of nitrogens with zero attached hydrogens (tertiary/aromatic N) is 1. The maximum Gasteiger partial charge on any atom is 0.251 e. The lowest BCUT2D eigenvalue weighted by molar-refractivity contribution is 0.0940. The van der Waals surface area contributed by atoms with Crippen LogP contribution in [-0.2, 0) is 0 Å². The van der Waals surface area contributed by atoms with Gasteiger partial charge in [-0.1, -0.05) is 25.1 Å². The van der Waals surface area contributed by atoms with Crippen LogP contribution in [0.3, 0.4) is 0 Å². The molecule has 3 rings (SSSR count). The number of Topliss-reactive ketones (excluding diaryl/α,β-unsaturated/α-hetero) is 1. The molecule has 2 N–H and O–H groups in total. The SMILES string of the molecule is CCN1CCC[C@H]1CNC(=O)c1ccc(-c2ccc(O)c(C(C)=O)c2)cc1. The number of carbonyl (C=O) groups excluding carboxylic acids is 2. The van der Waals surface area contributed by atoms with E-state index in [1.807, 2.05) is 12.1 Å². The summed E-state index contributed by atoms with van der Waals surface area (Å²) >= 11 is 0. The Balaban J connectivity index is 1.67. The number of rotatable bonds is 6. The maximum atomic E-state index is 12.4. The van der Waals surface area contributed by atoms with E-state index in [0.717, 1.165) is 30.6 Å². The molecule has 1 aliphatic rings. The van der Waals surface area contributed by atoms with Crippen LogP contribution >= 0.6 is 0 Å². The van der Waals surface area contributed by atoms with Crippen molar-refractivity contribution in [1.82, 2.24) is 10.2 Å². The van der Waals surface area contributed by atoms with Crippen LogP contribution in [0.1, 0.15) is 47.4 Å². The molecule has 2 aromatic carbocycles. The predicted molar refractivity (Wildman–Crippen MR) is 106 cm³/mol. The van der Waals surface area contributed by atoms with Crippen LogP contribution in [0.15, 0.2) is 42.5 Å². The van der Waals surface area contributed by atoms with E-state index >= 15 is 0 Å². The molecular weight excluding hydrogens is 340 g/mol. The minimum atomic E-state index is -0.182. The highest BCUT2D eigenvalue weighted by Crippen LogP contribution is 2.26. The van der Waals surface area contributed by atoms with E-state index < -0.39 is 0 Å². The molecule has 27 heavy (non-hydrogen) atoms. The molecule has 1 saturated heterocycles. The van der Waals surface area contributed by atoms with Gasteiger partial charge in [0.05, 0.1) is 5.56 Å². The normalized spacial score (nSPS) is 17.0. The van der Waals surface area contributed by atoms with Gasteiger partial charge in [0.2, 0.25) is 0 Å². The Bertz CT molecular complexity index is 830. The molecule has 142 valence electrons. The second kappa shape index (κ2) is 8.35. The van der Waals surface area contributed by atoms with Crippen LogP contribution in [0, 0.1) is 0 Å². The first-order chi connectivity index (χ1) is 13.0. The maximum absolute atomic E-state index is 12.4. The molecule has 0 aliphatic carbocycles. The number of likely N-dealkylation sites (tertiary alicyclic amines) is 1. The zero-order valence-corrected chi connectivity index (χ0v) is 15.9. The summed E-state index contributed by atoms with van der Waals surface area (Å²) in [6.45, 7) is 6.38. The number of hydrogen-bond acceptors (Lipinski definition) is 4. The number of benzene rings is 2. The topological polar surface area (TPSA) is 69.6 Å². The third-order valence-corrected chi connectivity index (χ3v) is 5.26. The predicted octanol–water partition coefficient (Wildman–Crippen LogP) is 3.48. The van der Waals surface area contributed by atoms with Crippen LogP contribution in [0.2, 0.25) is 0 Å². The Morgan fingerprint density at radius 3 is 2.52 bits per heavy atom. The number of likely N-dealkylation sites (N-methyl/N-ethyl adjacent to an activating group) is 1. The second-order valence-electron chi connectivity index (χ2n) is 7.00. The van der Waals surface area contributed by atoms with Gasteiger partial charge in [-0.2, -0.15) is 0 Å². The number of nitrogens with one attached hydrogen (secondary N) is 1. The van der Waals surface area contributed by atoms with Gasteiger partial charge in [-0.05, 0) is 68.2 Å². The number of carbonyl (C=O) groups is 2. The van der Waals surface area contributed by atoms with E-state index in [1.54, 1.807) is 24.3 Å². The van der Waals surface area contributed by atoms with Gasteiger partial charge in [-0.3, -0.25) is 14.5 Å². The molecule has 0 radical (unpaired) electrons. The largest absolute Gasteiger partial charge is 0.507 e. The summed E-state index contributed by atoms with van der Waals surface area (Å²) in [4.78, 5) is 26.4. The lowest BCUT2D eigenvalue weighted by Gasteiger charge is -2.22. The van der Waals surface area contributed by atoms with Gasteiger partial charge >= 0.3 is 0 Å². The van der Waals surface area contributed by atoms with Crippen molar-refractivity contribution in [2.24, 2.45) is 0 Å². The van der Waals surface area contributed by atoms with Crippen molar-refractivity contribution in [3.8, 4) is 16.9 Å². The quantitative estimate of drug-likeness (QED) is 0.768. The lowest BCUT2D eigenvalue weighted by atomic mass is 9.99. The fourth-order valence-corrected chi connectivity index (χ4v) is 3.67. The average Bonchev–Trinajstić information content (AvgIpc) is 3.14. The van der Waals surface area contributed by atoms with Crippen LogP contribution in [0.4, 0.5) is 0 Å². The van der Waals surface area contributed by atoms with Crippen molar-refractivity contribution >= 4 is 11.7 Å². The molecule has 0 bridgehead atoms. The fourth-order valence-electron chi connectivity index (χ4n) is 3.67. The van der Waals surface area contributed by atoms with Gasteiger partial charge in [0, 0.05) is 18.2 Å². The summed E-state index contributed by atoms with van der Waals surface area (Å²) in [7, 11) is 0. The van der Waals surface area contributed by atoms with Crippen molar-refractivity contribution in [1.29, 1.82) is 0 Å². The van der Waals surface area contributed by atoms with E-state index in [0.29, 0.717) is 23.7 Å². The molecule has 5 nitrogen and oxygen atoms in total. The van der Waals surface area contributed by atoms with E-state index in [9.17, 15) is 14.7 Å². The molecule has 1 fully saturated rings. The molecule has 5 heteroatoms. The van der Waals surface area contributed by atoms with Crippen LogP contribution in [0.5, 0.6) is 5.75 Å². The first-order valence-corrected chi connectivity index (χ1v) is 9.46. The zero-order valence-electron chi connectivity index (χ0n) is 15.9. The van der Waals surface area contributed by atoms with Gasteiger partial charge in [-0.15, -0.1) is 0 Å². The summed E-state index contributed by atoms with van der Waals surface area (Å²) in [5.41, 5.74) is 2.63. The fraction of sp³-hybridized carbons (Fsp3) is 0.364. The summed E-state index contributed by atoms with van der Waals surface area (Å²) < 4.78 is 0. The van der Waals surface area contributed by atoms with Gasteiger partial charge in [0.1, 0.15) is 5.75 Å². The van der Waals surface area contributed by atoms with Crippen LogP contribution < -0.4 is 5.32 Å². The number of ketones is 1. The Morgan fingerprint density at radius 2 is 1.85 bits per heavy atom. The van der Waals surface area contributed by atoms with Crippen molar-refractivity contribution in [2.75, 3.05) is 19.6 Å². The minimum Gasteiger partial charge on any atom is -0.507 e. The molecular formula is C22H26N2O3. The Hall–Kier alpha value is -2.66. The number of phenolic OH excluding ortho intramolecular Hbond substituents is 1. The van der Waals surface area contributed by atoms with Crippen molar-refractivity contribution in [2.45, 2.75) is 32.7 Å². The molecule has 0 unspecified atom stereocenters. The molecule has 1 amide bonds. The van der Waals surface area contributed by atoms with E-state index in [1.165, 1.54) is 19.4 Å². The molecule has 0 saturated carbocycles. The van der Waals surface area contributed by atoms with Gasteiger partial charge in [-0.25, -0.2) is 0 Å². The van der Waals surface area contributed by atoms with E-state index in [2.05, 4.69) is 17.1 Å². The third kappa shape index (κ3) is 4.37. The molecule has 0 spiro atoms. The van der Waals surface area contributed by atoms with Crippen molar-refractivity contribution < 1.29 is 14.7 Å². The highest BCUT2D eigenvalue weighted by Gasteiger charge is 2.23. The molecule has 1 aliphatic heterocycles. The third-order valence-electron chi connectivity index (χ3n) is 5.26. The molecule has 2 aromatic rings. The van der Waals surface area contributed by atoms with E-state index in [4.69, 9.17) is 0 Å². The Morgan fingerprint density at radius 1 is 1.15 bits per heavy atom. The summed E-state index contributed by atoms with van der Waals surface area (Å²) in [5.74, 6) is -0.270. The van der Waals surface area contributed by atoms with E-state index in [-0.39, 0.29) is 17.4 Å². The Kier molecular flexibility index (Phi) is 5.91. The molecule has 1 heterocycles.